The number of nitrogens with one attached hydrogen (secondary N) is 1. The molecule has 2 fully saturated rings. The summed E-state index contributed by atoms with van der Waals surface area (Å²) >= 11 is 0. The SMILES string of the molecule is C1CCC2NCCC2C1.[Li]. The van der Waals surface area contributed by atoms with Crippen molar-refractivity contribution in [1.82, 2.24) is 5.32 Å². The average Bonchev–Trinajstić information content (AvgIpc) is 2.33. The van der Waals surface area contributed by atoms with E-state index in [-0.39, 0.29) is 18.9 Å². The molecule has 2 unspecified atom stereocenters. The first-order chi connectivity index (χ1) is 4.47. The van der Waals surface area contributed by atoms with Gasteiger partial charge in [0.1, 0.15) is 0 Å². The minimum absolute atomic E-state index is 0. The second kappa shape index (κ2) is 3.81. The van der Waals surface area contributed by atoms with Crippen molar-refractivity contribution in [2.75, 3.05) is 6.54 Å². The Bertz CT molecular complexity index is 93.4. The third kappa shape index (κ3) is 1.59. The molecule has 1 saturated carbocycles. The van der Waals surface area contributed by atoms with Gasteiger partial charge in [-0.05, 0) is 31.7 Å². The van der Waals surface area contributed by atoms with E-state index in [2.05, 4.69) is 5.32 Å². The molecular formula is C8H15LiN. The van der Waals surface area contributed by atoms with Crippen LogP contribution in [0.25, 0.3) is 0 Å². The van der Waals surface area contributed by atoms with Gasteiger partial charge in [0.05, 0.1) is 0 Å². The van der Waals surface area contributed by atoms with E-state index < -0.39 is 0 Å². The van der Waals surface area contributed by atoms with E-state index in [1.165, 1.54) is 38.6 Å². The van der Waals surface area contributed by atoms with Crippen molar-refractivity contribution >= 4 is 18.9 Å². The summed E-state index contributed by atoms with van der Waals surface area (Å²) in [6.45, 7) is 1.29. The van der Waals surface area contributed by atoms with Gasteiger partial charge in [-0.25, -0.2) is 0 Å². The van der Waals surface area contributed by atoms with Crippen molar-refractivity contribution in [3.63, 3.8) is 0 Å². The maximum Gasteiger partial charge on any atom is 0.00958 e. The Labute approximate surface area is 75.1 Å². The first-order valence-electron chi connectivity index (χ1n) is 4.20. The fourth-order valence-corrected chi connectivity index (χ4v) is 2.28. The van der Waals surface area contributed by atoms with E-state index in [1.54, 1.807) is 0 Å². The quantitative estimate of drug-likeness (QED) is 0.488. The largest absolute Gasteiger partial charge is 0.314 e. The van der Waals surface area contributed by atoms with Crippen LogP contribution in [0.15, 0.2) is 0 Å². The molecule has 2 heteroatoms. The van der Waals surface area contributed by atoms with E-state index in [0.29, 0.717) is 0 Å². The van der Waals surface area contributed by atoms with Crippen LogP contribution < -0.4 is 5.32 Å². The van der Waals surface area contributed by atoms with Gasteiger partial charge in [-0.1, -0.05) is 12.8 Å². The molecule has 2 rings (SSSR count). The molecule has 1 nitrogen and oxygen atoms in total. The van der Waals surface area contributed by atoms with Crippen molar-refractivity contribution in [3.05, 3.63) is 0 Å². The molecule has 10 heavy (non-hydrogen) atoms. The maximum absolute atomic E-state index is 3.56. The molecule has 0 aromatic carbocycles. The summed E-state index contributed by atoms with van der Waals surface area (Å²) in [6.07, 6.45) is 7.35. The van der Waals surface area contributed by atoms with Gasteiger partial charge >= 0.3 is 0 Å². The van der Waals surface area contributed by atoms with Gasteiger partial charge in [0.25, 0.3) is 0 Å². The molecule has 1 heterocycles. The van der Waals surface area contributed by atoms with Gasteiger partial charge in [-0.3, -0.25) is 0 Å². The van der Waals surface area contributed by atoms with Crippen molar-refractivity contribution in [2.45, 2.75) is 38.1 Å². The van der Waals surface area contributed by atoms with Crippen LogP contribution in [0.4, 0.5) is 0 Å². The molecule has 53 valence electrons. The topological polar surface area (TPSA) is 12.0 Å². The minimum Gasteiger partial charge on any atom is -0.314 e. The van der Waals surface area contributed by atoms with Gasteiger partial charge in [0.2, 0.25) is 0 Å². The maximum atomic E-state index is 3.56. The van der Waals surface area contributed by atoms with Crippen LogP contribution in [-0.2, 0) is 0 Å². The molecule has 1 aliphatic carbocycles. The summed E-state index contributed by atoms with van der Waals surface area (Å²) in [6, 6.07) is 0.916. The number of hydrogen-bond acceptors (Lipinski definition) is 1. The normalized spacial score (nSPS) is 38.4. The minimum atomic E-state index is 0. The zero-order valence-corrected chi connectivity index (χ0v) is 6.90. The molecule has 0 aromatic rings. The van der Waals surface area contributed by atoms with Crippen molar-refractivity contribution < 1.29 is 0 Å². The summed E-state index contributed by atoms with van der Waals surface area (Å²) < 4.78 is 0. The summed E-state index contributed by atoms with van der Waals surface area (Å²) in [5.74, 6) is 1.05. The monoisotopic (exact) mass is 132 g/mol. The van der Waals surface area contributed by atoms with E-state index in [1.807, 2.05) is 0 Å². The third-order valence-electron chi connectivity index (χ3n) is 2.83. The fraction of sp³-hybridized carbons (Fsp3) is 1.00. The predicted molar refractivity (Wildman–Crippen MR) is 44.1 cm³/mol. The third-order valence-corrected chi connectivity index (χ3v) is 2.83. The summed E-state index contributed by atoms with van der Waals surface area (Å²) in [4.78, 5) is 0. The van der Waals surface area contributed by atoms with Crippen LogP contribution in [-0.4, -0.2) is 31.4 Å². The smallest absolute Gasteiger partial charge is 0.00958 e. The molecule has 1 radical (unpaired) electrons. The second-order valence-electron chi connectivity index (χ2n) is 3.39. The average molecular weight is 132 g/mol. The second-order valence-corrected chi connectivity index (χ2v) is 3.39. The van der Waals surface area contributed by atoms with Crippen LogP contribution in [0, 0.1) is 5.92 Å². The van der Waals surface area contributed by atoms with E-state index in [0.717, 1.165) is 12.0 Å². The fourth-order valence-electron chi connectivity index (χ4n) is 2.28. The van der Waals surface area contributed by atoms with E-state index in [4.69, 9.17) is 0 Å². The van der Waals surface area contributed by atoms with Gasteiger partial charge in [-0.15, -0.1) is 0 Å². The zero-order chi connectivity index (χ0) is 6.10. The number of hydrogen-bond donors (Lipinski definition) is 1. The van der Waals surface area contributed by atoms with Crippen LogP contribution >= 0.6 is 0 Å². The van der Waals surface area contributed by atoms with Gasteiger partial charge in [-0.2, -0.15) is 0 Å². The molecule has 0 aromatic heterocycles. The Hall–Kier alpha value is 0.557. The van der Waals surface area contributed by atoms with Crippen molar-refractivity contribution in [3.8, 4) is 0 Å². The standard InChI is InChI=1S/C8H15N.Li/c1-2-4-8-7(3-1)5-6-9-8;/h7-9H,1-6H2;. The van der Waals surface area contributed by atoms with E-state index >= 15 is 0 Å². The number of fused-ring (bicyclic) bond motifs is 1. The molecular weight excluding hydrogens is 117 g/mol. The van der Waals surface area contributed by atoms with E-state index in [9.17, 15) is 0 Å². The first-order valence-corrected chi connectivity index (χ1v) is 4.20. The summed E-state index contributed by atoms with van der Waals surface area (Å²) in [5.41, 5.74) is 0. The summed E-state index contributed by atoms with van der Waals surface area (Å²) in [5, 5.41) is 3.56. The molecule has 1 saturated heterocycles. The van der Waals surface area contributed by atoms with Gasteiger partial charge in [0.15, 0.2) is 0 Å². The molecule has 2 atom stereocenters. The predicted octanol–water partition coefficient (Wildman–Crippen LogP) is 1.16. The van der Waals surface area contributed by atoms with Crippen LogP contribution in [0.1, 0.15) is 32.1 Å². The number of rotatable bonds is 0. The molecule has 1 N–H and O–H groups in total. The molecule has 0 spiro atoms. The Balaban J connectivity index is 0.000000500. The van der Waals surface area contributed by atoms with Crippen molar-refractivity contribution in [2.24, 2.45) is 5.92 Å². The molecule has 1 aliphatic heterocycles. The zero-order valence-electron chi connectivity index (χ0n) is 6.90. The molecule has 0 amide bonds. The Morgan fingerprint density at radius 2 is 1.80 bits per heavy atom. The Morgan fingerprint density at radius 1 is 1.00 bits per heavy atom. The Kier molecular flexibility index (Phi) is 3.29. The van der Waals surface area contributed by atoms with Gasteiger partial charge < -0.3 is 5.32 Å². The molecule has 0 bridgehead atoms. The van der Waals surface area contributed by atoms with Crippen LogP contribution in [0.5, 0.6) is 0 Å². The Morgan fingerprint density at radius 3 is 2.60 bits per heavy atom. The van der Waals surface area contributed by atoms with Gasteiger partial charge in [0, 0.05) is 24.9 Å². The summed E-state index contributed by atoms with van der Waals surface area (Å²) in [7, 11) is 0. The van der Waals surface area contributed by atoms with Crippen molar-refractivity contribution in [1.29, 1.82) is 0 Å². The first kappa shape index (κ1) is 8.65. The molecule has 2 aliphatic rings. The van der Waals surface area contributed by atoms with Crippen LogP contribution in [0.3, 0.4) is 0 Å². The van der Waals surface area contributed by atoms with Crippen LogP contribution in [0.2, 0.25) is 0 Å².